The van der Waals surface area contributed by atoms with E-state index in [1.807, 2.05) is 20.2 Å². The van der Waals surface area contributed by atoms with Gasteiger partial charge in [0.05, 0.1) is 12.0 Å². The summed E-state index contributed by atoms with van der Waals surface area (Å²) in [7, 11) is 0. The molecular formula is C13H17N3. The lowest BCUT2D eigenvalue weighted by molar-refractivity contribution is 0.817. The Labute approximate surface area is 95.9 Å². The number of aromatic nitrogens is 2. The van der Waals surface area contributed by atoms with Crippen LogP contribution in [-0.2, 0) is 0 Å². The van der Waals surface area contributed by atoms with E-state index in [0.717, 1.165) is 16.9 Å². The molecule has 0 fully saturated rings. The summed E-state index contributed by atoms with van der Waals surface area (Å²) in [6.45, 7) is 6.07. The standard InChI is InChI=1S/C13H17N3/c1-9(14)12-4-6-13(7-5-12)16-8-15-10(2)11(16)3/h4-9H,14H2,1-3H3/t9-/m0/s1. The van der Waals surface area contributed by atoms with Crippen molar-refractivity contribution < 1.29 is 0 Å². The third-order valence-electron chi connectivity index (χ3n) is 2.95. The van der Waals surface area contributed by atoms with Gasteiger partial charge in [0.1, 0.15) is 0 Å². The van der Waals surface area contributed by atoms with Gasteiger partial charge in [0, 0.05) is 17.4 Å². The lowest BCUT2D eigenvalue weighted by Crippen LogP contribution is -2.05. The van der Waals surface area contributed by atoms with Crippen molar-refractivity contribution in [2.24, 2.45) is 5.73 Å². The van der Waals surface area contributed by atoms with Crippen LogP contribution >= 0.6 is 0 Å². The molecule has 1 heterocycles. The number of imidazole rings is 1. The molecule has 0 aliphatic rings. The molecular weight excluding hydrogens is 198 g/mol. The first-order chi connectivity index (χ1) is 7.59. The van der Waals surface area contributed by atoms with E-state index in [4.69, 9.17) is 5.73 Å². The van der Waals surface area contributed by atoms with E-state index in [2.05, 4.69) is 40.7 Å². The molecule has 0 amide bonds. The highest BCUT2D eigenvalue weighted by Crippen LogP contribution is 2.16. The molecule has 1 aromatic carbocycles. The quantitative estimate of drug-likeness (QED) is 0.836. The predicted molar refractivity (Wildman–Crippen MR) is 65.6 cm³/mol. The zero-order valence-electron chi connectivity index (χ0n) is 9.94. The van der Waals surface area contributed by atoms with Crippen molar-refractivity contribution in [3.8, 4) is 5.69 Å². The van der Waals surface area contributed by atoms with Crippen molar-refractivity contribution in [3.63, 3.8) is 0 Å². The van der Waals surface area contributed by atoms with Crippen LogP contribution in [0.1, 0.15) is 29.9 Å². The third-order valence-corrected chi connectivity index (χ3v) is 2.95. The summed E-state index contributed by atoms with van der Waals surface area (Å²) in [6, 6.07) is 8.36. The Bertz CT molecular complexity index is 480. The molecule has 0 radical (unpaired) electrons. The maximum absolute atomic E-state index is 5.82. The van der Waals surface area contributed by atoms with Gasteiger partial charge in [0.25, 0.3) is 0 Å². The van der Waals surface area contributed by atoms with Gasteiger partial charge in [0.2, 0.25) is 0 Å². The minimum absolute atomic E-state index is 0.0830. The van der Waals surface area contributed by atoms with E-state index in [1.165, 1.54) is 5.69 Å². The first-order valence-corrected chi connectivity index (χ1v) is 5.46. The smallest absolute Gasteiger partial charge is 0.0997 e. The van der Waals surface area contributed by atoms with Gasteiger partial charge < -0.3 is 10.3 Å². The molecule has 0 spiro atoms. The number of nitrogens with zero attached hydrogens (tertiary/aromatic N) is 2. The summed E-state index contributed by atoms with van der Waals surface area (Å²) in [5.74, 6) is 0. The molecule has 3 heteroatoms. The summed E-state index contributed by atoms with van der Waals surface area (Å²) < 4.78 is 2.08. The average molecular weight is 215 g/mol. The Morgan fingerprint density at radius 1 is 1.19 bits per heavy atom. The number of nitrogens with two attached hydrogens (primary N) is 1. The van der Waals surface area contributed by atoms with Crippen LogP contribution in [0.2, 0.25) is 0 Å². The molecule has 0 saturated carbocycles. The van der Waals surface area contributed by atoms with E-state index in [9.17, 15) is 0 Å². The van der Waals surface area contributed by atoms with Gasteiger partial charge in [-0.15, -0.1) is 0 Å². The van der Waals surface area contributed by atoms with Crippen LogP contribution in [0.3, 0.4) is 0 Å². The Hall–Kier alpha value is -1.61. The van der Waals surface area contributed by atoms with Crippen LogP contribution in [0.4, 0.5) is 0 Å². The molecule has 16 heavy (non-hydrogen) atoms. The number of rotatable bonds is 2. The maximum Gasteiger partial charge on any atom is 0.0997 e. The average Bonchev–Trinajstić information content (AvgIpc) is 2.60. The van der Waals surface area contributed by atoms with Gasteiger partial charge in [-0.05, 0) is 38.5 Å². The fourth-order valence-corrected chi connectivity index (χ4v) is 1.70. The molecule has 2 rings (SSSR count). The third kappa shape index (κ3) is 1.86. The maximum atomic E-state index is 5.82. The van der Waals surface area contributed by atoms with E-state index < -0.39 is 0 Å². The van der Waals surface area contributed by atoms with Crippen molar-refractivity contribution in [2.75, 3.05) is 0 Å². The van der Waals surface area contributed by atoms with Crippen LogP contribution in [0.25, 0.3) is 5.69 Å². The molecule has 0 unspecified atom stereocenters. The van der Waals surface area contributed by atoms with Crippen LogP contribution in [0.15, 0.2) is 30.6 Å². The van der Waals surface area contributed by atoms with Crippen molar-refractivity contribution in [3.05, 3.63) is 47.5 Å². The minimum Gasteiger partial charge on any atom is -0.324 e. The molecule has 1 atom stereocenters. The Morgan fingerprint density at radius 2 is 1.81 bits per heavy atom. The van der Waals surface area contributed by atoms with Crippen molar-refractivity contribution in [2.45, 2.75) is 26.8 Å². The highest BCUT2D eigenvalue weighted by atomic mass is 15.1. The number of aryl methyl sites for hydroxylation is 1. The summed E-state index contributed by atoms with van der Waals surface area (Å²) in [5.41, 5.74) is 10.3. The van der Waals surface area contributed by atoms with Gasteiger partial charge in [-0.3, -0.25) is 0 Å². The second kappa shape index (κ2) is 4.10. The predicted octanol–water partition coefficient (Wildman–Crippen LogP) is 2.51. The fourth-order valence-electron chi connectivity index (χ4n) is 1.70. The molecule has 0 saturated heterocycles. The van der Waals surface area contributed by atoms with Gasteiger partial charge >= 0.3 is 0 Å². The Morgan fingerprint density at radius 3 is 2.25 bits per heavy atom. The van der Waals surface area contributed by atoms with Gasteiger partial charge in [-0.25, -0.2) is 4.98 Å². The summed E-state index contributed by atoms with van der Waals surface area (Å²) in [4.78, 5) is 4.29. The highest BCUT2D eigenvalue weighted by Gasteiger charge is 2.04. The minimum atomic E-state index is 0.0830. The van der Waals surface area contributed by atoms with Crippen LogP contribution in [0.5, 0.6) is 0 Å². The normalized spacial score (nSPS) is 12.8. The second-order valence-electron chi connectivity index (χ2n) is 4.17. The highest BCUT2D eigenvalue weighted by molar-refractivity contribution is 5.37. The zero-order chi connectivity index (χ0) is 11.7. The summed E-state index contributed by atoms with van der Waals surface area (Å²) in [5, 5.41) is 0. The lowest BCUT2D eigenvalue weighted by Gasteiger charge is -2.09. The Balaban J connectivity index is 2.38. The zero-order valence-corrected chi connectivity index (χ0v) is 9.94. The number of hydrogen-bond acceptors (Lipinski definition) is 2. The Kier molecular flexibility index (Phi) is 2.79. The summed E-state index contributed by atoms with van der Waals surface area (Å²) in [6.07, 6.45) is 1.85. The topological polar surface area (TPSA) is 43.8 Å². The molecule has 2 aromatic rings. The lowest BCUT2D eigenvalue weighted by atomic mass is 10.1. The molecule has 1 aromatic heterocycles. The number of hydrogen-bond donors (Lipinski definition) is 1. The van der Waals surface area contributed by atoms with Gasteiger partial charge in [-0.2, -0.15) is 0 Å². The largest absolute Gasteiger partial charge is 0.324 e. The van der Waals surface area contributed by atoms with Crippen molar-refractivity contribution in [1.82, 2.24) is 9.55 Å². The van der Waals surface area contributed by atoms with E-state index >= 15 is 0 Å². The second-order valence-corrected chi connectivity index (χ2v) is 4.17. The van der Waals surface area contributed by atoms with Crippen LogP contribution in [-0.4, -0.2) is 9.55 Å². The molecule has 0 bridgehead atoms. The first-order valence-electron chi connectivity index (χ1n) is 5.46. The molecule has 3 nitrogen and oxygen atoms in total. The van der Waals surface area contributed by atoms with E-state index in [0.29, 0.717) is 0 Å². The van der Waals surface area contributed by atoms with Crippen LogP contribution in [0, 0.1) is 13.8 Å². The first kappa shape index (κ1) is 10.9. The van der Waals surface area contributed by atoms with Gasteiger partial charge in [-0.1, -0.05) is 12.1 Å². The van der Waals surface area contributed by atoms with Crippen LogP contribution < -0.4 is 5.73 Å². The monoisotopic (exact) mass is 215 g/mol. The van der Waals surface area contributed by atoms with Gasteiger partial charge in [0.15, 0.2) is 0 Å². The van der Waals surface area contributed by atoms with Crippen molar-refractivity contribution >= 4 is 0 Å². The van der Waals surface area contributed by atoms with E-state index in [-0.39, 0.29) is 6.04 Å². The van der Waals surface area contributed by atoms with E-state index in [1.54, 1.807) is 0 Å². The SMILES string of the molecule is Cc1ncn(-c2ccc([C@H](C)N)cc2)c1C. The fraction of sp³-hybridized carbons (Fsp3) is 0.308. The molecule has 0 aliphatic heterocycles. The molecule has 0 aliphatic carbocycles. The molecule has 2 N–H and O–H groups in total. The van der Waals surface area contributed by atoms with Crippen molar-refractivity contribution in [1.29, 1.82) is 0 Å². The summed E-state index contributed by atoms with van der Waals surface area (Å²) >= 11 is 0. The molecule has 84 valence electrons. The number of benzene rings is 1.